The summed E-state index contributed by atoms with van der Waals surface area (Å²) in [6.07, 6.45) is 0.0240. The van der Waals surface area contributed by atoms with E-state index in [0.717, 1.165) is 10.6 Å². The number of hydrogen-bond donors (Lipinski definition) is 1. The van der Waals surface area contributed by atoms with Crippen LogP contribution in [0.2, 0.25) is 0 Å². The van der Waals surface area contributed by atoms with E-state index in [2.05, 4.69) is 10.4 Å². The van der Waals surface area contributed by atoms with Crippen LogP contribution in [0.3, 0.4) is 0 Å². The molecule has 1 heterocycles. The molecule has 0 fully saturated rings. The maximum Gasteiger partial charge on any atom is 0.256 e. The standard InChI is InChI=1S/C21H21N3O3S/c1-3-24-21(27)18(28-20(23-24)15-8-5-4-6-9-15)13-19(26)22-17-11-7-10-16(12-17)14(2)25/h4-12,18H,3,13H2,1-2H3,(H,22,26). The molecule has 1 atom stereocenters. The molecule has 0 radical (unpaired) electrons. The average Bonchev–Trinajstić information content (AvgIpc) is 2.70. The van der Waals surface area contributed by atoms with Gasteiger partial charge in [-0.25, -0.2) is 5.01 Å². The van der Waals surface area contributed by atoms with Gasteiger partial charge in [0.1, 0.15) is 10.3 Å². The summed E-state index contributed by atoms with van der Waals surface area (Å²) in [4.78, 5) is 36.7. The number of Topliss-reactive ketones (excluding diaryl/α,β-unsaturated/α-hetero) is 1. The molecule has 1 N–H and O–H groups in total. The van der Waals surface area contributed by atoms with Crippen molar-refractivity contribution in [2.75, 3.05) is 11.9 Å². The van der Waals surface area contributed by atoms with Crippen molar-refractivity contribution in [2.24, 2.45) is 5.10 Å². The minimum Gasteiger partial charge on any atom is -0.326 e. The molecule has 1 aliphatic rings. The van der Waals surface area contributed by atoms with Gasteiger partial charge < -0.3 is 5.32 Å². The zero-order valence-corrected chi connectivity index (χ0v) is 16.5. The topological polar surface area (TPSA) is 78.8 Å². The van der Waals surface area contributed by atoms with Crippen molar-refractivity contribution >= 4 is 40.1 Å². The number of nitrogens with zero attached hydrogens (tertiary/aromatic N) is 2. The molecule has 144 valence electrons. The summed E-state index contributed by atoms with van der Waals surface area (Å²) in [5.41, 5.74) is 1.98. The lowest BCUT2D eigenvalue weighted by molar-refractivity contribution is -0.132. The van der Waals surface area contributed by atoms with Crippen molar-refractivity contribution in [1.82, 2.24) is 5.01 Å². The number of ketones is 1. The Morgan fingerprint density at radius 1 is 1.14 bits per heavy atom. The van der Waals surface area contributed by atoms with E-state index in [0.29, 0.717) is 17.8 Å². The molecule has 28 heavy (non-hydrogen) atoms. The van der Waals surface area contributed by atoms with Crippen LogP contribution in [0.15, 0.2) is 59.7 Å². The van der Waals surface area contributed by atoms with E-state index in [4.69, 9.17) is 0 Å². The van der Waals surface area contributed by atoms with Crippen LogP contribution in [-0.4, -0.2) is 39.4 Å². The minimum absolute atomic E-state index is 0.0240. The Labute approximate surface area is 168 Å². The first-order chi connectivity index (χ1) is 13.5. The van der Waals surface area contributed by atoms with Crippen molar-refractivity contribution in [3.63, 3.8) is 0 Å². The predicted molar refractivity (Wildman–Crippen MR) is 111 cm³/mol. The highest BCUT2D eigenvalue weighted by molar-refractivity contribution is 8.15. The molecule has 1 unspecified atom stereocenters. The lowest BCUT2D eigenvalue weighted by Gasteiger charge is -2.28. The maximum atomic E-state index is 12.6. The number of amides is 2. The fourth-order valence-electron chi connectivity index (χ4n) is 2.79. The Balaban J connectivity index is 1.73. The van der Waals surface area contributed by atoms with Crippen LogP contribution in [0.25, 0.3) is 0 Å². The quantitative estimate of drug-likeness (QED) is 0.759. The lowest BCUT2D eigenvalue weighted by Crippen LogP contribution is -2.40. The molecule has 1 aliphatic heterocycles. The maximum absolute atomic E-state index is 12.6. The molecule has 7 heteroatoms. The van der Waals surface area contributed by atoms with E-state index in [9.17, 15) is 14.4 Å². The number of thioether (sulfide) groups is 1. The highest BCUT2D eigenvalue weighted by Crippen LogP contribution is 2.28. The van der Waals surface area contributed by atoms with Crippen LogP contribution in [-0.2, 0) is 9.59 Å². The molecule has 3 rings (SSSR count). The highest BCUT2D eigenvalue weighted by atomic mass is 32.2. The number of anilines is 1. The molecule has 0 bridgehead atoms. The van der Waals surface area contributed by atoms with Crippen LogP contribution < -0.4 is 5.32 Å². The third-order valence-electron chi connectivity index (χ3n) is 4.24. The van der Waals surface area contributed by atoms with Gasteiger partial charge in [-0.15, -0.1) is 0 Å². The van der Waals surface area contributed by atoms with Crippen molar-refractivity contribution in [3.8, 4) is 0 Å². The number of carbonyl (C=O) groups is 3. The zero-order valence-electron chi connectivity index (χ0n) is 15.7. The predicted octanol–water partition coefficient (Wildman–Crippen LogP) is 3.54. The molecule has 0 saturated carbocycles. The fraction of sp³-hybridized carbons (Fsp3) is 0.238. The zero-order chi connectivity index (χ0) is 20.1. The Kier molecular flexibility index (Phi) is 6.26. The summed E-state index contributed by atoms with van der Waals surface area (Å²) < 4.78 is 0. The van der Waals surface area contributed by atoms with Crippen molar-refractivity contribution in [3.05, 3.63) is 65.7 Å². The second-order valence-electron chi connectivity index (χ2n) is 6.32. The smallest absolute Gasteiger partial charge is 0.256 e. The van der Waals surface area contributed by atoms with E-state index < -0.39 is 5.25 Å². The Bertz CT molecular complexity index is 928. The Hall–Kier alpha value is -2.93. The van der Waals surface area contributed by atoms with Crippen LogP contribution in [0.4, 0.5) is 5.69 Å². The normalized spacial score (nSPS) is 16.5. The van der Waals surface area contributed by atoms with Gasteiger partial charge >= 0.3 is 0 Å². The molecule has 0 saturated heterocycles. The second-order valence-corrected chi connectivity index (χ2v) is 7.51. The van der Waals surface area contributed by atoms with Crippen molar-refractivity contribution < 1.29 is 14.4 Å². The van der Waals surface area contributed by atoms with Gasteiger partial charge in [-0.2, -0.15) is 5.10 Å². The van der Waals surface area contributed by atoms with Crippen LogP contribution in [0, 0.1) is 0 Å². The van der Waals surface area contributed by atoms with Crippen molar-refractivity contribution in [2.45, 2.75) is 25.5 Å². The first kappa shape index (κ1) is 19.8. The third kappa shape index (κ3) is 4.67. The number of hydrazone groups is 1. The summed E-state index contributed by atoms with van der Waals surface area (Å²) in [6, 6.07) is 16.4. The molecule has 2 amide bonds. The summed E-state index contributed by atoms with van der Waals surface area (Å²) in [5.74, 6) is -0.534. The van der Waals surface area contributed by atoms with E-state index in [1.54, 1.807) is 24.3 Å². The summed E-state index contributed by atoms with van der Waals surface area (Å²) >= 11 is 1.30. The first-order valence-corrected chi connectivity index (χ1v) is 9.88. The SMILES string of the molecule is CCN1N=C(c2ccccc2)SC(CC(=O)Nc2cccc(C(C)=O)c2)C1=O. The van der Waals surface area contributed by atoms with Gasteiger partial charge in [-0.1, -0.05) is 54.2 Å². The van der Waals surface area contributed by atoms with E-state index >= 15 is 0 Å². The first-order valence-electron chi connectivity index (χ1n) is 9.01. The molecule has 0 aliphatic carbocycles. The van der Waals surface area contributed by atoms with Crippen LogP contribution in [0.1, 0.15) is 36.2 Å². The van der Waals surface area contributed by atoms with Crippen LogP contribution in [0.5, 0.6) is 0 Å². The summed E-state index contributed by atoms with van der Waals surface area (Å²) in [7, 11) is 0. The highest BCUT2D eigenvalue weighted by Gasteiger charge is 2.33. The second kappa shape index (κ2) is 8.84. The van der Waals surface area contributed by atoms with Gasteiger partial charge in [0.15, 0.2) is 5.78 Å². The van der Waals surface area contributed by atoms with E-state index in [1.807, 2.05) is 37.3 Å². The monoisotopic (exact) mass is 395 g/mol. The summed E-state index contributed by atoms with van der Waals surface area (Å²) in [6.45, 7) is 3.76. The Morgan fingerprint density at radius 3 is 2.57 bits per heavy atom. The van der Waals surface area contributed by atoms with Gasteiger partial charge in [0, 0.05) is 29.8 Å². The molecule has 0 spiro atoms. The number of carbonyl (C=O) groups excluding carboxylic acids is 3. The largest absolute Gasteiger partial charge is 0.326 e. The molecule has 6 nitrogen and oxygen atoms in total. The third-order valence-corrected chi connectivity index (χ3v) is 5.43. The Morgan fingerprint density at radius 2 is 1.89 bits per heavy atom. The number of benzene rings is 2. The summed E-state index contributed by atoms with van der Waals surface area (Å²) in [5, 5.41) is 8.77. The van der Waals surface area contributed by atoms with E-state index in [-0.39, 0.29) is 24.0 Å². The van der Waals surface area contributed by atoms with Gasteiger partial charge in [0.05, 0.1) is 0 Å². The van der Waals surface area contributed by atoms with Gasteiger partial charge in [0.2, 0.25) is 5.91 Å². The minimum atomic E-state index is -0.552. The van der Waals surface area contributed by atoms with Crippen molar-refractivity contribution in [1.29, 1.82) is 0 Å². The molecular weight excluding hydrogens is 374 g/mol. The molecule has 2 aromatic carbocycles. The molecule has 2 aromatic rings. The number of rotatable bonds is 6. The lowest BCUT2D eigenvalue weighted by atomic mass is 10.1. The van der Waals surface area contributed by atoms with Gasteiger partial charge in [-0.3, -0.25) is 14.4 Å². The molecular formula is C21H21N3O3S. The van der Waals surface area contributed by atoms with Crippen LogP contribution >= 0.6 is 11.8 Å². The van der Waals surface area contributed by atoms with E-state index in [1.165, 1.54) is 23.7 Å². The number of hydrogen-bond acceptors (Lipinski definition) is 5. The van der Waals surface area contributed by atoms with Gasteiger partial charge in [0.25, 0.3) is 5.91 Å². The average molecular weight is 395 g/mol. The fourth-order valence-corrected chi connectivity index (χ4v) is 3.94. The molecule has 0 aromatic heterocycles. The number of nitrogens with one attached hydrogen (secondary N) is 1. The van der Waals surface area contributed by atoms with Gasteiger partial charge in [-0.05, 0) is 26.0 Å².